The maximum Gasteiger partial charge on any atom is 0.273 e. The number of H-pyrrole nitrogens is 1. The average Bonchev–Trinajstić information content (AvgIpc) is 2.83. The van der Waals surface area contributed by atoms with Crippen molar-refractivity contribution in [3.8, 4) is 0 Å². The zero-order valence-corrected chi connectivity index (χ0v) is 12.6. The Labute approximate surface area is 121 Å². The van der Waals surface area contributed by atoms with E-state index < -0.39 is 15.0 Å². The van der Waals surface area contributed by atoms with E-state index in [9.17, 15) is 13.2 Å². The second-order valence-electron chi connectivity index (χ2n) is 4.56. The highest BCUT2D eigenvalue weighted by atomic mass is 35.7. The van der Waals surface area contributed by atoms with Gasteiger partial charge in [-0.25, -0.2) is 8.42 Å². The van der Waals surface area contributed by atoms with Crippen molar-refractivity contribution in [2.45, 2.75) is 37.1 Å². The van der Waals surface area contributed by atoms with Crippen LogP contribution in [0.25, 0.3) is 0 Å². The molecule has 1 aromatic rings. The molecule has 1 fully saturated rings. The first-order chi connectivity index (χ1) is 9.43. The van der Waals surface area contributed by atoms with Crippen LogP contribution in [-0.2, 0) is 20.2 Å². The van der Waals surface area contributed by atoms with Crippen LogP contribution in [0.5, 0.6) is 0 Å². The molecule has 1 aliphatic heterocycles. The molecule has 0 saturated carbocycles. The Morgan fingerprint density at radius 1 is 1.60 bits per heavy atom. The molecule has 0 radical (unpaired) electrons. The topological polar surface area (TPSA) is 101 Å². The molecule has 0 aliphatic carbocycles. The normalized spacial score (nSPS) is 19.8. The molecule has 2 heterocycles. The molecule has 112 valence electrons. The van der Waals surface area contributed by atoms with E-state index in [1.165, 1.54) is 0 Å². The van der Waals surface area contributed by atoms with E-state index in [-0.39, 0.29) is 16.6 Å². The van der Waals surface area contributed by atoms with Gasteiger partial charge in [-0.05, 0) is 19.3 Å². The van der Waals surface area contributed by atoms with Crippen molar-refractivity contribution in [2.24, 2.45) is 0 Å². The second-order valence-corrected chi connectivity index (χ2v) is 7.06. The molecule has 1 unspecified atom stereocenters. The second kappa shape index (κ2) is 6.11. The number of hydrogen-bond donors (Lipinski definition) is 2. The number of nitrogens with zero attached hydrogens (tertiary/aromatic N) is 1. The van der Waals surface area contributed by atoms with Gasteiger partial charge in [0, 0.05) is 17.3 Å². The molecule has 7 nitrogen and oxygen atoms in total. The van der Waals surface area contributed by atoms with Crippen molar-refractivity contribution in [2.75, 3.05) is 13.2 Å². The Hall–Kier alpha value is -1.12. The van der Waals surface area contributed by atoms with Crippen LogP contribution in [0.3, 0.4) is 0 Å². The van der Waals surface area contributed by atoms with Gasteiger partial charge in [0.15, 0.2) is 5.69 Å². The van der Waals surface area contributed by atoms with Gasteiger partial charge in [-0.3, -0.25) is 9.89 Å². The van der Waals surface area contributed by atoms with E-state index in [4.69, 9.17) is 15.4 Å². The molecular weight excluding hydrogens is 306 g/mol. The largest absolute Gasteiger partial charge is 0.379 e. The van der Waals surface area contributed by atoms with Gasteiger partial charge in [-0.2, -0.15) is 5.10 Å². The van der Waals surface area contributed by atoms with E-state index in [2.05, 4.69) is 15.5 Å². The van der Waals surface area contributed by atoms with Crippen LogP contribution in [0, 0.1) is 0 Å². The van der Waals surface area contributed by atoms with Crippen LogP contribution in [0.4, 0.5) is 0 Å². The van der Waals surface area contributed by atoms with E-state index in [1.807, 2.05) is 0 Å². The third kappa shape index (κ3) is 3.31. The first-order valence-corrected chi connectivity index (χ1v) is 8.65. The Balaban J connectivity index is 2.23. The summed E-state index contributed by atoms with van der Waals surface area (Å²) in [5.74, 6) is -0.560. The maximum absolute atomic E-state index is 12.1. The highest BCUT2D eigenvalue weighted by Crippen LogP contribution is 2.23. The van der Waals surface area contributed by atoms with Crippen LogP contribution in [0.2, 0.25) is 0 Å². The fourth-order valence-corrected chi connectivity index (χ4v) is 3.48. The minimum absolute atomic E-state index is 0.135. The van der Waals surface area contributed by atoms with Crippen molar-refractivity contribution in [1.29, 1.82) is 0 Å². The standard InChI is InChI=1S/C11H16ClN3O4S/c1-2-8-10(20(12,17)18)9(15-14-8)11(16)13-7-4-3-5-19-6-7/h7H,2-6H2,1H3,(H,13,16)(H,14,15). The van der Waals surface area contributed by atoms with Crippen molar-refractivity contribution in [3.05, 3.63) is 11.4 Å². The molecule has 0 spiro atoms. The molecule has 0 bridgehead atoms. The van der Waals surface area contributed by atoms with Crippen LogP contribution in [0.15, 0.2) is 4.90 Å². The lowest BCUT2D eigenvalue weighted by molar-refractivity contribution is 0.0620. The first kappa shape index (κ1) is 15.3. The minimum atomic E-state index is -4.03. The summed E-state index contributed by atoms with van der Waals surface area (Å²) in [6, 6.07) is -0.135. The van der Waals surface area contributed by atoms with Gasteiger partial charge in [-0.15, -0.1) is 0 Å². The summed E-state index contributed by atoms with van der Waals surface area (Å²) in [4.78, 5) is 11.9. The highest BCUT2D eigenvalue weighted by Gasteiger charge is 2.29. The number of ether oxygens (including phenoxy) is 1. The van der Waals surface area contributed by atoms with Crippen LogP contribution in [-0.4, -0.2) is 43.8 Å². The van der Waals surface area contributed by atoms with E-state index in [1.54, 1.807) is 6.92 Å². The van der Waals surface area contributed by atoms with Gasteiger partial charge < -0.3 is 10.1 Å². The van der Waals surface area contributed by atoms with E-state index in [0.717, 1.165) is 12.8 Å². The highest BCUT2D eigenvalue weighted by molar-refractivity contribution is 8.13. The predicted octanol–water partition coefficient (Wildman–Crippen LogP) is 0.808. The van der Waals surface area contributed by atoms with Gasteiger partial charge in [0.1, 0.15) is 4.90 Å². The fraction of sp³-hybridized carbons (Fsp3) is 0.636. The quantitative estimate of drug-likeness (QED) is 0.799. The number of carbonyl (C=O) groups excluding carboxylic acids is 1. The number of hydrogen-bond acceptors (Lipinski definition) is 5. The molecule has 1 aliphatic rings. The SMILES string of the molecule is CCc1[nH]nc(C(=O)NC2CCCOC2)c1S(=O)(=O)Cl. The Kier molecular flexibility index (Phi) is 4.66. The molecule has 1 amide bonds. The first-order valence-electron chi connectivity index (χ1n) is 6.34. The summed E-state index contributed by atoms with van der Waals surface area (Å²) < 4.78 is 28.4. The number of carbonyl (C=O) groups is 1. The smallest absolute Gasteiger partial charge is 0.273 e. The zero-order valence-electron chi connectivity index (χ0n) is 11.0. The Morgan fingerprint density at radius 3 is 2.90 bits per heavy atom. The lowest BCUT2D eigenvalue weighted by Gasteiger charge is -2.22. The molecule has 2 N–H and O–H groups in total. The predicted molar refractivity (Wildman–Crippen MR) is 72.3 cm³/mol. The van der Waals surface area contributed by atoms with E-state index in [0.29, 0.717) is 25.3 Å². The van der Waals surface area contributed by atoms with Crippen molar-refractivity contribution >= 4 is 25.6 Å². The third-order valence-electron chi connectivity index (χ3n) is 3.10. The number of aryl methyl sites for hydroxylation is 1. The number of aromatic amines is 1. The van der Waals surface area contributed by atoms with Gasteiger partial charge in [0.2, 0.25) is 0 Å². The Morgan fingerprint density at radius 2 is 2.35 bits per heavy atom. The van der Waals surface area contributed by atoms with Crippen LogP contribution < -0.4 is 5.32 Å². The molecule has 20 heavy (non-hydrogen) atoms. The lowest BCUT2D eigenvalue weighted by atomic mass is 10.1. The number of aromatic nitrogens is 2. The summed E-state index contributed by atoms with van der Waals surface area (Å²) in [6.45, 7) is 2.84. The van der Waals surface area contributed by atoms with Crippen molar-refractivity contribution < 1.29 is 17.9 Å². The molecular formula is C11H16ClN3O4S. The Bertz CT molecular complexity index is 593. The van der Waals surface area contributed by atoms with Gasteiger partial charge in [0.05, 0.1) is 18.3 Å². The van der Waals surface area contributed by atoms with Gasteiger partial charge in [-0.1, -0.05) is 6.92 Å². The summed E-state index contributed by atoms with van der Waals surface area (Å²) in [7, 11) is 1.35. The summed E-state index contributed by atoms with van der Waals surface area (Å²) in [5.41, 5.74) is 0.132. The fourth-order valence-electron chi connectivity index (χ4n) is 2.13. The third-order valence-corrected chi connectivity index (χ3v) is 4.49. The number of amides is 1. The molecule has 1 aromatic heterocycles. The van der Waals surface area contributed by atoms with Gasteiger partial charge >= 0.3 is 0 Å². The van der Waals surface area contributed by atoms with E-state index >= 15 is 0 Å². The van der Waals surface area contributed by atoms with Crippen LogP contribution in [0.1, 0.15) is 35.9 Å². The molecule has 1 atom stereocenters. The average molecular weight is 322 g/mol. The summed E-state index contributed by atoms with van der Waals surface area (Å²) in [6.07, 6.45) is 2.03. The molecule has 9 heteroatoms. The van der Waals surface area contributed by atoms with Crippen molar-refractivity contribution in [1.82, 2.24) is 15.5 Å². The summed E-state index contributed by atoms with van der Waals surface area (Å²) in [5, 5.41) is 9.04. The number of halogens is 1. The van der Waals surface area contributed by atoms with Crippen molar-refractivity contribution in [3.63, 3.8) is 0 Å². The monoisotopic (exact) mass is 321 g/mol. The van der Waals surface area contributed by atoms with Gasteiger partial charge in [0.25, 0.3) is 15.0 Å². The van der Waals surface area contributed by atoms with Crippen LogP contribution >= 0.6 is 10.7 Å². The number of rotatable bonds is 4. The number of nitrogens with one attached hydrogen (secondary N) is 2. The molecule has 1 saturated heterocycles. The zero-order chi connectivity index (χ0) is 14.8. The minimum Gasteiger partial charge on any atom is -0.379 e. The maximum atomic E-state index is 12.1. The lowest BCUT2D eigenvalue weighted by Crippen LogP contribution is -2.41. The summed E-state index contributed by atoms with van der Waals surface area (Å²) >= 11 is 0. The molecule has 2 rings (SSSR count). The molecule has 0 aromatic carbocycles.